The van der Waals surface area contributed by atoms with Gasteiger partial charge in [0.15, 0.2) is 5.03 Å². The number of aromatic amines is 1. The number of imidazole rings is 1. The second-order valence-electron chi connectivity index (χ2n) is 4.21. The molecule has 6 nitrogen and oxygen atoms in total. The molecule has 0 aliphatic carbocycles. The van der Waals surface area contributed by atoms with E-state index in [1.165, 1.54) is 16.8 Å². The number of nitrogens with one attached hydrogen (secondary N) is 2. The number of H-pyrrole nitrogens is 1. The van der Waals surface area contributed by atoms with Gasteiger partial charge in [0.1, 0.15) is 0 Å². The number of nitrogens with zero attached hydrogens (tertiary/aromatic N) is 2. The van der Waals surface area contributed by atoms with Crippen molar-refractivity contribution in [1.29, 1.82) is 0 Å². The summed E-state index contributed by atoms with van der Waals surface area (Å²) in [6.07, 6.45) is 2.72. The second kappa shape index (κ2) is 5.34. The lowest BCUT2D eigenvalue weighted by Crippen LogP contribution is -2.55. The van der Waals surface area contributed by atoms with Gasteiger partial charge in [-0.1, -0.05) is 0 Å². The van der Waals surface area contributed by atoms with Gasteiger partial charge in [-0.25, -0.2) is 13.4 Å². The average molecular weight is 281 g/mol. The number of aromatic nitrogens is 2. The molecule has 98 valence electrons. The SMILES string of the molecule is CC1CN(S(=O)(=O)c2cnc[nH]2)CC(C)N1.Cl. The third kappa shape index (κ3) is 2.98. The largest absolute Gasteiger partial charge is 0.335 e. The van der Waals surface area contributed by atoms with Gasteiger partial charge in [0, 0.05) is 25.2 Å². The Morgan fingerprint density at radius 3 is 2.41 bits per heavy atom. The summed E-state index contributed by atoms with van der Waals surface area (Å²) in [5.74, 6) is 0. The predicted molar refractivity (Wildman–Crippen MR) is 66.7 cm³/mol. The Bertz CT molecular complexity index is 438. The van der Waals surface area contributed by atoms with Gasteiger partial charge in [-0.15, -0.1) is 12.4 Å². The van der Waals surface area contributed by atoms with Crippen LogP contribution in [0.4, 0.5) is 0 Å². The fourth-order valence-corrected chi connectivity index (χ4v) is 3.51. The van der Waals surface area contributed by atoms with E-state index in [1.54, 1.807) is 0 Å². The number of piperazine rings is 1. The molecule has 1 aromatic rings. The van der Waals surface area contributed by atoms with Crippen molar-refractivity contribution in [1.82, 2.24) is 19.6 Å². The molecule has 0 aromatic carbocycles. The first-order valence-corrected chi connectivity index (χ1v) is 6.68. The molecule has 1 aliphatic rings. The maximum atomic E-state index is 12.2. The number of hydrogen-bond donors (Lipinski definition) is 2. The molecule has 1 aromatic heterocycles. The highest BCUT2D eigenvalue weighted by Crippen LogP contribution is 2.15. The van der Waals surface area contributed by atoms with Crippen LogP contribution in [0.3, 0.4) is 0 Å². The van der Waals surface area contributed by atoms with Crippen molar-refractivity contribution in [3.63, 3.8) is 0 Å². The molecule has 2 unspecified atom stereocenters. The second-order valence-corrected chi connectivity index (χ2v) is 6.11. The quantitative estimate of drug-likeness (QED) is 0.811. The number of sulfonamides is 1. The normalized spacial score (nSPS) is 26.5. The molecule has 2 rings (SSSR count). The van der Waals surface area contributed by atoms with Crippen molar-refractivity contribution in [2.75, 3.05) is 13.1 Å². The molecule has 0 spiro atoms. The summed E-state index contributed by atoms with van der Waals surface area (Å²) < 4.78 is 25.8. The zero-order valence-corrected chi connectivity index (χ0v) is 11.4. The molecule has 1 fully saturated rings. The highest BCUT2D eigenvalue weighted by Gasteiger charge is 2.31. The Morgan fingerprint density at radius 1 is 1.35 bits per heavy atom. The van der Waals surface area contributed by atoms with Crippen LogP contribution in [0, 0.1) is 0 Å². The molecule has 2 N–H and O–H groups in total. The van der Waals surface area contributed by atoms with E-state index in [0.717, 1.165) is 0 Å². The summed E-state index contributed by atoms with van der Waals surface area (Å²) in [7, 11) is -3.41. The number of halogens is 1. The lowest BCUT2D eigenvalue weighted by Gasteiger charge is -2.34. The summed E-state index contributed by atoms with van der Waals surface area (Å²) in [6, 6.07) is 0.336. The zero-order valence-electron chi connectivity index (χ0n) is 9.75. The van der Waals surface area contributed by atoms with Crippen molar-refractivity contribution in [2.24, 2.45) is 0 Å². The minimum atomic E-state index is -3.41. The van der Waals surface area contributed by atoms with E-state index in [2.05, 4.69) is 15.3 Å². The van der Waals surface area contributed by atoms with Crippen LogP contribution in [0.2, 0.25) is 0 Å². The molecule has 0 amide bonds. The van der Waals surface area contributed by atoms with Crippen molar-refractivity contribution in [3.05, 3.63) is 12.5 Å². The van der Waals surface area contributed by atoms with Gasteiger partial charge in [-0.3, -0.25) is 0 Å². The van der Waals surface area contributed by atoms with Crippen LogP contribution in [-0.2, 0) is 10.0 Å². The highest BCUT2D eigenvalue weighted by atomic mass is 35.5. The first-order valence-electron chi connectivity index (χ1n) is 5.24. The molecule has 17 heavy (non-hydrogen) atoms. The van der Waals surface area contributed by atoms with E-state index in [9.17, 15) is 8.42 Å². The number of hydrogen-bond acceptors (Lipinski definition) is 4. The van der Waals surface area contributed by atoms with E-state index in [1.807, 2.05) is 13.8 Å². The van der Waals surface area contributed by atoms with E-state index < -0.39 is 10.0 Å². The molecule has 0 bridgehead atoms. The zero-order chi connectivity index (χ0) is 11.8. The van der Waals surface area contributed by atoms with Crippen LogP contribution in [0.15, 0.2) is 17.6 Å². The summed E-state index contributed by atoms with van der Waals surface area (Å²) in [5, 5.41) is 3.46. The van der Waals surface area contributed by atoms with Gasteiger partial charge in [-0.2, -0.15) is 4.31 Å². The topological polar surface area (TPSA) is 78.1 Å². The van der Waals surface area contributed by atoms with Gasteiger partial charge < -0.3 is 10.3 Å². The fraction of sp³-hybridized carbons (Fsp3) is 0.667. The van der Waals surface area contributed by atoms with Gasteiger partial charge in [-0.05, 0) is 13.8 Å². The van der Waals surface area contributed by atoms with Crippen LogP contribution in [0.5, 0.6) is 0 Å². The molecular formula is C9H17ClN4O2S. The Labute approximate surface area is 107 Å². The Hall–Kier alpha value is -0.630. The highest BCUT2D eigenvalue weighted by molar-refractivity contribution is 7.89. The van der Waals surface area contributed by atoms with E-state index in [-0.39, 0.29) is 29.5 Å². The molecule has 0 saturated carbocycles. The van der Waals surface area contributed by atoms with Crippen molar-refractivity contribution >= 4 is 22.4 Å². The molecule has 2 heterocycles. The van der Waals surface area contributed by atoms with Crippen molar-refractivity contribution in [2.45, 2.75) is 31.0 Å². The van der Waals surface area contributed by atoms with Crippen molar-refractivity contribution in [3.8, 4) is 0 Å². The summed E-state index contributed by atoms with van der Waals surface area (Å²) in [5.41, 5.74) is 0. The third-order valence-corrected chi connectivity index (χ3v) is 4.37. The van der Waals surface area contributed by atoms with E-state index in [4.69, 9.17) is 0 Å². The van der Waals surface area contributed by atoms with Gasteiger partial charge in [0.25, 0.3) is 10.0 Å². The first-order chi connectivity index (χ1) is 7.50. The maximum absolute atomic E-state index is 12.2. The Balaban J connectivity index is 0.00000144. The first kappa shape index (κ1) is 14.4. The minimum Gasteiger partial charge on any atom is -0.335 e. The lowest BCUT2D eigenvalue weighted by molar-refractivity contribution is 0.262. The van der Waals surface area contributed by atoms with Crippen molar-refractivity contribution < 1.29 is 8.42 Å². The monoisotopic (exact) mass is 280 g/mol. The molecule has 1 saturated heterocycles. The Morgan fingerprint density at radius 2 is 1.94 bits per heavy atom. The molecule has 0 radical (unpaired) electrons. The molecular weight excluding hydrogens is 264 g/mol. The van der Waals surface area contributed by atoms with Crippen LogP contribution in [0.1, 0.15) is 13.8 Å². The van der Waals surface area contributed by atoms with Crippen LogP contribution < -0.4 is 5.32 Å². The molecule has 2 atom stereocenters. The van der Waals surface area contributed by atoms with E-state index >= 15 is 0 Å². The maximum Gasteiger partial charge on any atom is 0.260 e. The van der Waals surface area contributed by atoms with Crippen LogP contribution in [0.25, 0.3) is 0 Å². The average Bonchev–Trinajstić information content (AvgIpc) is 2.69. The standard InChI is InChI=1S/C9H16N4O2S.ClH/c1-7-4-13(5-8(2)12-7)16(14,15)9-3-10-6-11-9;/h3,6-8,12H,4-5H2,1-2H3,(H,10,11);1H. The Kier molecular flexibility index (Phi) is 4.54. The number of rotatable bonds is 2. The van der Waals surface area contributed by atoms with Crippen LogP contribution >= 0.6 is 12.4 Å². The van der Waals surface area contributed by atoms with Crippen LogP contribution in [-0.4, -0.2) is 47.9 Å². The summed E-state index contributed by atoms with van der Waals surface area (Å²) >= 11 is 0. The summed E-state index contributed by atoms with van der Waals surface area (Å²) in [4.78, 5) is 6.39. The minimum absolute atomic E-state index is 0. The third-order valence-electron chi connectivity index (χ3n) is 2.61. The predicted octanol–water partition coefficient (Wildman–Crippen LogP) is 0.202. The van der Waals surface area contributed by atoms with Gasteiger partial charge in [0.05, 0.1) is 12.5 Å². The smallest absolute Gasteiger partial charge is 0.260 e. The lowest BCUT2D eigenvalue weighted by atomic mass is 10.2. The van der Waals surface area contributed by atoms with Gasteiger partial charge >= 0.3 is 0 Å². The fourth-order valence-electron chi connectivity index (χ4n) is 2.00. The summed E-state index contributed by atoms with van der Waals surface area (Å²) in [6.45, 7) is 4.94. The van der Waals surface area contributed by atoms with E-state index in [0.29, 0.717) is 13.1 Å². The molecule has 1 aliphatic heterocycles. The van der Waals surface area contributed by atoms with Gasteiger partial charge in [0.2, 0.25) is 0 Å². The molecule has 8 heteroatoms.